The molecule has 0 spiro atoms. The Hall–Kier alpha value is -2.64. The minimum Gasteiger partial charge on any atom is -0.507 e. The largest absolute Gasteiger partial charge is 0.507 e. The minimum atomic E-state index is -1.95. The van der Waals surface area contributed by atoms with Crippen molar-refractivity contribution in [2.45, 2.75) is 26.4 Å². The summed E-state index contributed by atoms with van der Waals surface area (Å²) in [6, 6.07) is 4.08. The van der Waals surface area contributed by atoms with E-state index in [0.29, 0.717) is 5.39 Å². The molecule has 1 aromatic carbocycles. The van der Waals surface area contributed by atoms with Crippen molar-refractivity contribution < 1.29 is 34.1 Å². The third kappa shape index (κ3) is 4.07. The first-order valence-corrected chi connectivity index (χ1v) is 7.59. The van der Waals surface area contributed by atoms with Crippen LogP contribution in [0, 0.1) is 0 Å². The van der Waals surface area contributed by atoms with E-state index in [1.165, 1.54) is 31.2 Å². The number of carbonyl (C=O) groups excluding carboxylic acids is 2. The highest BCUT2D eigenvalue weighted by atomic mass is 16.5. The van der Waals surface area contributed by atoms with Gasteiger partial charge in [-0.25, -0.2) is 4.79 Å². The molecule has 7 nitrogen and oxygen atoms in total. The zero-order valence-corrected chi connectivity index (χ0v) is 14.2. The van der Waals surface area contributed by atoms with Crippen LogP contribution in [0.15, 0.2) is 34.3 Å². The summed E-state index contributed by atoms with van der Waals surface area (Å²) >= 11 is 0. The number of aliphatic hydroxyl groups is 2. The molecule has 3 N–H and O–H groups in total. The van der Waals surface area contributed by atoms with E-state index in [1.807, 2.05) is 0 Å². The predicted octanol–water partition coefficient (Wildman–Crippen LogP) is 2.03. The maximum atomic E-state index is 11.6. The van der Waals surface area contributed by atoms with Gasteiger partial charge in [-0.15, -0.1) is 0 Å². The van der Waals surface area contributed by atoms with Crippen LogP contribution in [0.5, 0.6) is 5.75 Å². The van der Waals surface area contributed by atoms with Crippen LogP contribution in [0.25, 0.3) is 11.0 Å². The number of aliphatic hydroxyl groups excluding tert-OH is 1. The summed E-state index contributed by atoms with van der Waals surface area (Å²) < 4.78 is 10.5. The van der Waals surface area contributed by atoms with E-state index in [1.54, 1.807) is 13.8 Å². The third-order valence-corrected chi connectivity index (χ3v) is 3.59. The number of benzene rings is 1. The van der Waals surface area contributed by atoms with Crippen LogP contribution in [0.1, 0.15) is 36.9 Å². The number of esters is 1. The van der Waals surface area contributed by atoms with E-state index in [2.05, 4.69) is 0 Å². The van der Waals surface area contributed by atoms with E-state index in [0.717, 1.165) is 5.57 Å². The number of phenols is 1. The number of allylic oxidation sites excluding steroid dienone is 1. The molecule has 0 aliphatic heterocycles. The highest BCUT2D eigenvalue weighted by Crippen LogP contribution is 2.32. The van der Waals surface area contributed by atoms with Gasteiger partial charge in [-0.2, -0.15) is 0 Å². The van der Waals surface area contributed by atoms with Crippen molar-refractivity contribution in [3.8, 4) is 5.75 Å². The summed E-state index contributed by atoms with van der Waals surface area (Å²) in [7, 11) is 0. The normalized spacial score (nSPS) is 13.3. The number of ketones is 1. The second-order valence-corrected chi connectivity index (χ2v) is 6.09. The predicted molar refractivity (Wildman–Crippen MR) is 89.3 cm³/mol. The fraction of sp³-hybridized carbons (Fsp3) is 0.333. The van der Waals surface area contributed by atoms with Gasteiger partial charge in [-0.05, 0) is 39.0 Å². The number of phenolic OH excluding ortho intramolecular Hbond substituents is 1. The number of carbonyl (C=O) groups is 2. The van der Waals surface area contributed by atoms with E-state index in [9.17, 15) is 24.9 Å². The average Bonchev–Trinajstić information content (AvgIpc) is 2.94. The molecule has 0 fully saturated rings. The first kappa shape index (κ1) is 18.7. The van der Waals surface area contributed by atoms with Gasteiger partial charge in [-0.3, -0.25) is 4.79 Å². The fourth-order valence-electron chi connectivity index (χ4n) is 2.25. The number of ether oxygens (including phenoxy) is 1. The summed E-state index contributed by atoms with van der Waals surface area (Å²) in [5.41, 5.74) is -0.888. The zero-order chi connectivity index (χ0) is 18.8. The molecule has 25 heavy (non-hydrogen) atoms. The molecular formula is C18H20O7. The van der Waals surface area contributed by atoms with Gasteiger partial charge in [0, 0.05) is 11.5 Å². The van der Waals surface area contributed by atoms with Crippen molar-refractivity contribution in [2.24, 2.45) is 0 Å². The Morgan fingerprint density at radius 1 is 1.24 bits per heavy atom. The van der Waals surface area contributed by atoms with E-state index in [-0.39, 0.29) is 28.4 Å². The summed E-state index contributed by atoms with van der Waals surface area (Å²) in [4.78, 5) is 23.1. The van der Waals surface area contributed by atoms with Crippen molar-refractivity contribution in [3.05, 3.63) is 41.2 Å². The Bertz CT molecular complexity index is 842. The smallest absolute Gasteiger partial charge is 0.330 e. The molecule has 2 rings (SSSR count). The molecule has 0 radical (unpaired) electrons. The molecule has 0 bridgehead atoms. The molecule has 0 aliphatic carbocycles. The van der Waals surface area contributed by atoms with Gasteiger partial charge in [0.15, 0.2) is 11.4 Å². The molecule has 0 saturated carbocycles. The molecule has 0 aliphatic rings. The van der Waals surface area contributed by atoms with Crippen LogP contribution >= 0.6 is 0 Å². The molecule has 1 heterocycles. The molecular weight excluding hydrogens is 328 g/mol. The molecule has 7 heteroatoms. The lowest BCUT2D eigenvalue weighted by molar-refractivity contribution is -0.151. The van der Waals surface area contributed by atoms with Crippen LogP contribution in [-0.4, -0.2) is 40.3 Å². The van der Waals surface area contributed by atoms with Gasteiger partial charge in [0.2, 0.25) is 0 Å². The van der Waals surface area contributed by atoms with E-state index < -0.39 is 24.8 Å². The number of furan rings is 1. The van der Waals surface area contributed by atoms with Gasteiger partial charge < -0.3 is 24.5 Å². The van der Waals surface area contributed by atoms with Crippen molar-refractivity contribution in [2.75, 3.05) is 13.2 Å². The molecule has 0 saturated heterocycles. The van der Waals surface area contributed by atoms with Crippen LogP contribution in [-0.2, 0) is 15.1 Å². The van der Waals surface area contributed by atoms with E-state index in [4.69, 9.17) is 9.15 Å². The highest BCUT2D eigenvalue weighted by Gasteiger charge is 2.34. The SMILES string of the molecule is CC(=O)c1cc2oc([C@@](O)(CO)COC(=O)C=C(C)C)cc2cc1O. The number of fused-ring (bicyclic) bond motifs is 1. The minimum absolute atomic E-state index is 0.0462. The summed E-state index contributed by atoms with van der Waals surface area (Å²) in [6.07, 6.45) is 1.26. The maximum Gasteiger partial charge on any atom is 0.330 e. The Balaban J connectivity index is 2.35. The molecule has 1 aromatic heterocycles. The van der Waals surface area contributed by atoms with Crippen LogP contribution in [0.2, 0.25) is 0 Å². The molecule has 1 atom stereocenters. The van der Waals surface area contributed by atoms with Gasteiger partial charge in [0.1, 0.15) is 23.7 Å². The maximum absolute atomic E-state index is 11.6. The fourth-order valence-corrected chi connectivity index (χ4v) is 2.25. The Morgan fingerprint density at radius 2 is 1.92 bits per heavy atom. The summed E-state index contributed by atoms with van der Waals surface area (Å²) in [5, 5.41) is 30.4. The number of Topliss-reactive ketones (excluding diaryl/α,β-unsaturated/α-hetero) is 1. The number of hydrogen-bond donors (Lipinski definition) is 3. The zero-order valence-electron chi connectivity index (χ0n) is 14.2. The standard InChI is InChI=1S/C18H20O7/c1-10(2)4-17(22)24-9-18(23,8-19)16-6-12-5-14(21)13(11(3)20)7-15(12)25-16/h4-7,19,21,23H,8-9H2,1-3H3/t18-/m1/s1. The first-order chi connectivity index (χ1) is 11.7. The Kier molecular flexibility index (Phi) is 5.30. The lowest BCUT2D eigenvalue weighted by Crippen LogP contribution is -2.36. The lowest BCUT2D eigenvalue weighted by Gasteiger charge is -2.22. The Morgan fingerprint density at radius 3 is 2.48 bits per heavy atom. The molecule has 0 unspecified atom stereocenters. The van der Waals surface area contributed by atoms with Gasteiger partial charge >= 0.3 is 5.97 Å². The molecule has 0 amide bonds. The first-order valence-electron chi connectivity index (χ1n) is 7.59. The van der Waals surface area contributed by atoms with Crippen LogP contribution < -0.4 is 0 Å². The van der Waals surface area contributed by atoms with Gasteiger partial charge in [0.25, 0.3) is 0 Å². The molecule has 2 aromatic rings. The van der Waals surface area contributed by atoms with Crippen molar-refractivity contribution in [3.63, 3.8) is 0 Å². The van der Waals surface area contributed by atoms with E-state index >= 15 is 0 Å². The summed E-state index contributed by atoms with van der Waals surface area (Å²) in [6.45, 7) is 3.48. The van der Waals surface area contributed by atoms with Crippen molar-refractivity contribution in [1.29, 1.82) is 0 Å². The second-order valence-electron chi connectivity index (χ2n) is 6.09. The van der Waals surface area contributed by atoms with Gasteiger partial charge in [-0.1, -0.05) is 5.57 Å². The highest BCUT2D eigenvalue weighted by molar-refractivity contribution is 6.00. The topological polar surface area (TPSA) is 117 Å². The van der Waals surface area contributed by atoms with Crippen LogP contribution in [0.4, 0.5) is 0 Å². The third-order valence-electron chi connectivity index (χ3n) is 3.59. The van der Waals surface area contributed by atoms with Crippen molar-refractivity contribution in [1.82, 2.24) is 0 Å². The van der Waals surface area contributed by atoms with Crippen LogP contribution in [0.3, 0.4) is 0 Å². The lowest BCUT2D eigenvalue weighted by atomic mass is 10.0. The second kappa shape index (κ2) is 7.08. The number of rotatable bonds is 6. The summed E-state index contributed by atoms with van der Waals surface area (Å²) in [5.74, 6) is -1.25. The number of aromatic hydroxyl groups is 1. The monoisotopic (exact) mass is 348 g/mol. The van der Waals surface area contributed by atoms with Crippen molar-refractivity contribution >= 4 is 22.7 Å². The van der Waals surface area contributed by atoms with Gasteiger partial charge in [0.05, 0.1) is 12.2 Å². The number of hydrogen-bond acceptors (Lipinski definition) is 7. The quantitative estimate of drug-likeness (QED) is 0.415. The average molecular weight is 348 g/mol. The Labute approximate surface area is 144 Å². The molecule has 134 valence electrons.